The Labute approximate surface area is 181 Å². The van der Waals surface area contributed by atoms with Gasteiger partial charge in [0.1, 0.15) is 5.01 Å². The van der Waals surface area contributed by atoms with Gasteiger partial charge < -0.3 is 15.1 Å². The molecule has 0 bridgehead atoms. The lowest BCUT2D eigenvalue weighted by atomic mass is 10.2. The fourth-order valence-corrected chi connectivity index (χ4v) is 4.01. The molecule has 0 amide bonds. The summed E-state index contributed by atoms with van der Waals surface area (Å²) in [4.78, 5) is 15.0. The van der Waals surface area contributed by atoms with E-state index in [0.717, 1.165) is 54.4 Å². The third kappa shape index (κ3) is 5.23. The van der Waals surface area contributed by atoms with Crippen molar-refractivity contribution in [2.24, 2.45) is 4.99 Å². The Balaban J connectivity index is 0.00000243. The molecule has 3 rings (SSSR count). The number of piperazine rings is 1. The minimum Gasteiger partial charge on any atom is -0.368 e. The van der Waals surface area contributed by atoms with Crippen molar-refractivity contribution in [3.8, 4) is 0 Å². The number of anilines is 1. The second-order valence-electron chi connectivity index (χ2n) is 6.10. The van der Waals surface area contributed by atoms with Gasteiger partial charge in [-0.05, 0) is 32.0 Å². The number of aromatic nitrogens is 1. The first kappa shape index (κ1) is 21.2. The maximum absolute atomic E-state index is 6.11. The van der Waals surface area contributed by atoms with Gasteiger partial charge in [0.05, 0.1) is 12.2 Å². The first-order valence-electron chi connectivity index (χ1n) is 8.46. The van der Waals surface area contributed by atoms with Gasteiger partial charge in [0.25, 0.3) is 0 Å². The number of nitrogens with one attached hydrogen (secondary N) is 1. The molecule has 0 unspecified atom stereocenters. The molecule has 2 aromatic rings. The van der Waals surface area contributed by atoms with Gasteiger partial charge in [-0.3, -0.25) is 4.99 Å². The number of aryl methyl sites for hydroxylation is 2. The lowest BCUT2D eigenvalue weighted by Gasteiger charge is -2.37. The fourth-order valence-electron chi connectivity index (χ4n) is 2.95. The Bertz CT molecular complexity index is 736. The van der Waals surface area contributed by atoms with Gasteiger partial charge in [0.2, 0.25) is 0 Å². The first-order chi connectivity index (χ1) is 12.1. The fraction of sp³-hybridized carbons (Fsp3) is 0.444. The van der Waals surface area contributed by atoms with Crippen LogP contribution in [0.15, 0.2) is 29.3 Å². The third-order valence-corrected chi connectivity index (χ3v) is 5.74. The van der Waals surface area contributed by atoms with Crippen molar-refractivity contribution in [2.75, 3.05) is 38.1 Å². The van der Waals surface area contributed by atoms with E-state index in [2.05, 4.69) is 45.0 Å². The van der Waals surface area contributed by atoms with Crippen LogP contribution in [0.4, 0.5) is 5.69 Å². The molecule has 1 aliphatic heterocycles. The Hall–Kier alpha value is -1.06. The summed E-state index contributed by atoms with van der Waals surface area (Å²) in [7, 11) is 1.84. The molecule has 142 valence electrons. The minimum absolute atomic E-state index is 0. The molecular formula is C18H25ClIN5S. The molecule has 5 nitrogen and oxygen atoms in total. The van der Waals surface area contributed by atoms with Crippen molar-refractivity contribution in [2.45, 2.75) is 20.4 Å². The highest BCUT2D eigenvalue weighted by molar-refractivity contribution is 14.0. The Morgan fingerprint density at radius 2 is 2.00 bits per heavy atom. The summed E-state index contributed by atoms with van der Waals surface area (Å²) in [5, 5.41) is 5.33. The summed E-state index contributed by atoms with van der Waals surface area (Å²) in [5.41, 5.74) is 2.30. The highest BCUT2D eigenvalue weighted by Gasteiger charge is 2.20. The largest absolute Gasteiger partial charge is 0.368 e. The second kappa shape index (κ2) is 9.75. The molecule has 0 radical (unpaired) electrons. The van der Waals surface area contributed by atoms with E-state index >= 15 is 0 Å². The second-order valence-corrected chi connectivity index (χ2v) is 7.83. The Kier molecular flexibility index (Phi) is 7.97. The van der Waals surface area contributed by atoms with E-state index < -0.39 is 0 Å². The van der Waals surface area contributed by atoms with Crippen LogP contribution in [0.1, 0.15) is 15.6 Å². The Morgan fingerprint density at radius 1 is 1.27 bits per heavy atom. The Morgan fingerprint density at radius 3 is 2.58 bits per heavy atom. The highest BCUT2D eigenvalue weighted by Crippen LogP contribution is 2.21. The summed E-state index contributed by atoms with van der Waals surface area (Å²) < 4.78 is 0. The van der Waals surface area contributed by atoms with Crippen LogP contribution in [0.5, 0.6) is 0 Å². The number of guanidine groups is 1. The molecule has 0 spiro atoms. The summed E-state index contributed by atoms with van der Waals surface area (Å²) >= 11 is 7.85. The van der Waals surface area contributed by atoms with Gasteiger partial charge in [-0.15, -0.1) is 35.3 Å². The number of nitrogens with zero attached hydrogens (tertiary/aromatic N) is 4. The van der Waals surface area contributed by atoms with Gasteiger partial charge in [0, 0.05) is 48.8 Å². The maximum Gasteiger partial charge on any atom is 0.194 e. The van der Waals surface area contributed by atoms with Crippen molar-refractivity contribution in [1.82, 2.24) is 15.2 Å². The third-order valence-electron chi connectivity index (χ3n) is 4.43. The SMILES string of the molecule is CN=C(NCc1nc(C)c(C)s1)N1CCN(c2cccc(Cl)c2)CC1.I. The number of rotatable bonds is 3. The zero-order valence-electron chi connectivity index (χ0n) is 15.3. The zero-order chi connectivity index (χ0) is 17.8. The summed E-state index contributed by atoms with van der Waals surface area (Å²) in [6.45, 7) is 8.66. The number of thiazole rings is 1. The summed E-state index contributed by atoms with van der Waals surface area (Å²) in [5.74, 6) is 0.941. The number of hydrogen-bond acceptors (Lipinski definition) is 4. The van der Waals surface area contributed by atoms with Crippen LogP contribution in [0.25, 0.3) is 0 Å². The molecule has 0 atom stereocenters. The molecule has 0 aliphatic carbocycles. The van der Waals surface area contributed by atoms with Crippen LogP contribution in [-0.2, 0) is 6.54 Å². The van der Waals surface area contributed by atoms with E-state index in [1.54, 1.807) is 11.3 Å². The monoisotopic (exact) mass is 505 g/mol. The summed E-state index contributed by atoms with van der Waals surface area (Å²) in [6.07, 6.45) is 0. The van der Waals surface area contributed by atoms with Crippen LogP contribution in [0, 0.1) is 13.8 Å². The molecular weight excluding hydrogens is 481 g/mol. The standard InChI is InChI=1S/C18H24ClN5S.HI/c1-13-14(2)25-17(22-13)12-21-18(20-3)24-9-7-23(8-10-24)16-6-4-5-15(19)11-16;/h4-6,11H,7-10,12H2,1-3H3,(H,20,21);1H. The van der Waals surface area contributed by atoms with Crippen LogP contribution < -0.4 is 10.2 Å². The van der Waals surface area contributed by atoms with Gasteiger partial charge >= 0.3 is 0 Å². The molecule has 1 saturated heterocycles. The van der Waals surface area contributed by atoms with E-state index in [-0.39, 0.29) is 24.0 Å². The number of benzene rings is 1. The van der Waals surface area contributed by atoms with Gasteiger partial charge in [-0.25, -0.2) is 4.98 Å². The van der Waals surface area contributed by atoms with Gasteiger partial charge in [-0.1, -0.05) is 17.7 Å². The molecule has 0 saturated carbocycles. The molecule has 1 aromatic heterocycles. The van der Waals surface area contributed by atoms with E-state index in [0.29, 0.717) is 0 Å². The van der Waals surface area contributed by atoms with Crippen LogP contribution in [0.2, 0.25) is 5.02 Å². The molecule has 8 heteroatoms. The zero-order valence-corrected chi connectivity index (χ0v) is 19.2. The molecule has 1 N–H and O–H groups in total. The van der Waals surface area contributed by atoms with Crippen molar-refractivity contribution < 1.29 is 0 Å². The van der Waals surface area contributed by atoms with Crippen molar-refractivity contribution in [3.05, 3.63) is 44.9 Å². The maximum atomic E-state index is 6.11. The molecule has 26 heavy (non-hydrogen) atoms. The van der Waals surface area contributed by atoms with Crippen LogP contribution >= 0.6 is 46.9 Å². The van der Waals surface area contributed by atoms with Crippen molar-refractivity contribution in [3.63, 3.8) is 0 Å². The van der Waals surface area contributed by atoms with E-state index in [4.69, 9.17) is 11.6 Å². The van der Waals surface area contributed by atoms with Crippen molar-refractivity contribution >= 4 is 58.6 Å². The summed E-state index contributed by atoms with van der Waals surface area (Å²) in [6, 6.07) is 8.05. The molecule has 1 fully saturated rings. The average molecular weight is 506 g/mol. The smallest absolute Gasteiger partial charge is 0.194 e. The van der Waals surface area contributed by atoms with E-state index in [1.807, 2.05) is 25.2 Å². The lowest BCUT2D eigenvalue weighted by Crippen LogP contribution is -2.52. The molecule has 2 heterocycles. The van der Waals surface area contributed by atoms with E-state index in [1.165, 1.54) is 10.6 Å². The predicted octanol–water partition coefficient (Wildman–Crippen LogP) is 3.93. The predicted molar refractivity (Wildman–Crippen MR) is 122 cm³/mol. The molecule has 1 aromatic carbocycles. The topological polar surface area (TPSA) is 43.8 Å². The normalized spacial score (nSPS) is 15.0. The first-order valence-corrected chi connectivity index (χ1v) is 9.65. The molecule has 1 aliphatic rings. The average Bonchev–Trinajstić information content (AvgIpc) is 2.94. The quantitative estimate of drug-likeness (QED) is 0.390. The number of aliphatic imine (C=N–C) groups is 1. The minimum atomic E-state index is 0. The van der Waals surface area contributed by atoms with Crippen LogP contribution in [0.3, 0.4) is 0 Å². The van der Waals surface area contributed by atoms with Crippen LogP contribution in [-0.4, -0.2) is 49.1 Å². The van der Waals surface area contributed by atoms with Gasteiger partial charge in [0.15, 0.2) is 5.96 Å². The number of hydrogen-bond donors (Lipinski definition) is 1. The van der Waals surface area contributed by atoms with Gasteiger partial charge in [-0.2, -0.15) is 0 Å². The van der Waals surface area contributed by atoms with Crippen molar-refractivity contribution in [1.29, 1.82) is 0 Å². The van der Waals surface area contributed by atoms with E-state index in [9.17, 15) is 0 Å². The lowest BCUT2D eigenvalue weighted by molar-refractivity contribution is 0.372. The number of halogens is 2. The highest BCUT2D eigenvalue weighted by atomic mass is 127.